The average Bonchev–Trinajstić information content (AvgIpc) is 0.701. The van der Waals surface area contributed by atoms with E-state index >= 15 is 0 Å². The largest absolute Gasteiger partial charge is 0.309 e. The molecule has 0 heterocycles. The Labute approximate surface area is 761 Å². The van der Waals surface area contributed by atoms with Gasteiger partial charge < -0.3 is 9.80 Å². The van der Waals surface area contributed by atoms with Crippen LogP contribution in [-0.2, 0) is 43.3 Å². The van der Waals surface area contributed by atoms with Crippen molar-refractivity contribution in [1.29, 1.82) is 0 Å². The van der Waals surface area contributed by atoms with Crippen molar-refractivity contribution in [2.24, 2.45) is 71.0 Å². The van der Waals surface area contributed by atoms with E-state index in [9.17, 15) is 0 Å². The summed E-state index contributed by atoms with van der Waals surface area (Å²) in [6.07, 6.45) is 35.1. The fourth-order valence-corrected chi connectivity index (χ4v) is 31.5. The first-order valence-electron chi connectivity index (χ1n) is 50.7. The summed E-state index contributed by atoms with van der Waals surface area (Å²) in [7, 11) is 0. The second-order valence-electron chi connectivity index (χ2n) is 49.4. The van der Waals surface area contributed by atoms with E-state index in [4.69, 9.17) is 0 Å². The molecule has 2 nitrogen and oxygen atoms in total. The Morgan fingerprint density at radius 3 is 0.850 bits per heavy atom. The van der Waals surface area contributed by atoms with Gasteiger partial charge in [0.05, 0.1) is 11.4 Å². The van der Waals surface area contributed by atoms with E-state index in [0.717, 1.165) is 71.0 Å². The zero-order valence-corrected chi connectivity index (χ0v) is 78.6. The summed E-state index contributed by atoms with van der Waals surface area (Å²) in [6, 6.07) is 101. The normalized spacial score (nSPS) is 29.5. The average molecular weight is 1670 g/mol. The van der Waals surface area contributed by atoms with Crippen molar-refractivity contribution in [3.05, 3.63) is 287 Å². The summed E-state index contributed by atoms with van der Waals surface area (Å²) in [4.78, 5) is 5.57. The Kier molecular flexibility index (Phi) is 18.9. The van der Waals surface area contributed by atoms with Crippen molar-refractivity contribution < 1.29 is 0 Å². The highest BCUT2D eigenvalue weighted by molar-refractivity contribution is 6.24. The van der Waals surface area contributed by atoms with E-state index in [1.165, 1.54) is 294 Å². The Balaban J connectivity index is 0.761. The van der Waals surface area contributed by atoms with Gasteiger partial charge in [-0.05, 0) is 435 Å². The lowest BCUT2D eigenvalue weighted by molar-refractivity contribution is -0.00530. The van der Waals surface area contributed by atoms with Gasteiger partial charge in [0, 0.05) is 44.3 Å². The summed E-state index contributed by atoms with van der Waals surface area (Å²) < 4.78 is 0. The second kappa shape index (κ2) is 29.6. The van der Waals surface area contributed by atoms with Crippen LogP contribution in [0.15, 0.2) is 243 Å². The molecule has 27 rings (SSSR count). The molecule has 0 amide bonds. The van der Waals surface area contributed by atoms with Crippen LogP contribution in [0.2, 0.25) is 0 Å². The van der Waals surface area contributed by atoms with Crippen LogP contribution in [-0.4, -0.2) is 0 Å². The number of anilines is 6. The lowest BCUT2D eigenvalue weighted by atomic mass is 9.48. The molecule has 4 unspecified atom stereocenters. The van der Waals surface area contributed by atoms with E-state index in [2.05, 4.69) is 336 Å². The molecular weight excluding hydrogens is 1530 g/mol. The number of hydrogen-bond acceptors (Lipinski definition) is 2. The summed E-state index contributed by atoms with van der Waals surface area (Å²) in [5.41, 5.74) is 31.9. The number of hydrogen-bond donors (Lipinski definition) is 0. The molecule has 0 aliphatic heterocycles. The van der Waals surface area contributed by atoms with Gasteiger partial charge in [0.1, 0.15) is 0 Å². The van der Waals surface area contributed by atoms with Crippen LogP contribution >= 0.6 is 0 Å². The molecule has 15 bridgehead atoms. The summed E-state index contributed by atoms with van der Waals surface area (Å²) in [5, 5.41) is 4.84. The van der Waals surface area contributed by atoms with E-state index in [0.29, 0.717) is 16.2 Å². The lowest BCUT2D eigenvalue weighted by Crippen LogP contribution is -2.48. The third kappa shape index (κ3) is 14.2. The minimum absolute atomic E-state index is 0.169. The highest BCUT2D eigenvalue weighted by atomic mass is 15.2. The SMILES string of the molecule is CC(C)(C)c1cc(N(c2cc(-c3ccc(C45CC6CC(CC(C6)C4)C5)cc3)cc(-c3ccc(C45CCC6CCC(CC6C4)C5)cc3)c2)c2c3ccccc3c(N(c3cc(-c4ccc(C56CC7CC(CC(C7)C5)C6)cc4)cc(-c4ccc(C56CC7CC(CC(C7)C5)C6)cc4)c3)c3cc(C(C)(C)C)cc(C(C)(C)C)c3)c3cc(-c4ccccc4)ccc23)cc(C(C)(C)C)c1. The van der Waals surface area contributed by atoms with Crippen molar-refractivity contribution in [3.8, 4) is 55.6 Å². The Hall–Kier alpha value is -9.24. The van der Waals surface area contributed by atoms with Gasteiger partial charge in [-0.3, -0.25) is 0 Å². The molecule has 0 N–H and O–H groups in total. The van der Waals surface area contributed by atoms with Crippen LogP contribution in [0.3, 0.4) is 0 Å². The molecule has 0 spiro atoms. The van der Waals surface area contributed by atoms with Gasteiger partial charge in [-0.2, -0.15) is 0 Å². The molecule has 15 saturated carbocycles. The molecule has 648 valence electrons. The maximum absolute atomic E-state index is 2.79. The first kappa shape index (κ1) is 81.0. The van der Waals surface area contributed by atoms with E-state index in [1.807, 2.05) is 0 Å². The molecule has 0 aromatic heterocycles. The Morgan fingerprint density at radius 1 is 0.213 bits per heavy atom. The highest BCUT2D eigenvalue weighted by Gasteiger charge is 2.56. The van der Waals surface area contributed by atoms with Crippen molar-refractivity contribution >= 4 is 55.7 Å². The first-order valence-corrected chi connectivity index (χ1v) is 50.7. The number of fused-ring (bicyclic) bond motifs is 4. The van der Waals surface area contributed by atoms with Gasteiger partial charge >= 0.3 is 0 Å². The van der Waals surface area contributed by atoms with Crippen molar-refractivity contribution in [3.63, 3.8) is 0 Å². The van der Waals surface area contributed by atoms with Gasteiger partial charge in [0.25, 0.3) is 0 Å². The Bertz CT molecular complexity index is 5990. The van der Waals surface area contributed by atoms with Gasteiger partial charge in [0.15, 0.2) is 0 Å². The molecule has 0 saturated heterocycles. The number of rotatable bonds is 15. The molecule has 127 heavy (non-hydrogen) atoms. The van der Waals surface area contributed by atoms with Crippen LogP contribution in [0, 0.1) is 71.0 Å². The van der Waals surface area contributed by atoms with Crippen molar-refractivity contribution in [2.75, 3.05) is 9.80 Å². The molecule has 4 atom stereocenters. The molecule has 2 heteroatoms. The third-order valence-corrected chi connectivity index (χ3v) is 36.7. The molecule has 12 aromatic carbocycles. The summed E-state index contributed by atoms with van der Waals surface area (Å²) in [5.74, 6) is 10.6. The lowest BCUT2D eigenvalue weighted by Gasteiger charge is -2.57. The molecule has 0 radical (unpaired) electrons. The van der Waals surface area contributed by atoms with Gasteiger partial charge in [0.2, 0.25) is 0 Å². The van der Waals surface area contributed by atoms with Gasteiger partial charge in [-0.25, -0.2) is 0 Å². The quantitative estimate of drug-likeness (QED) is 0.0746. The van der Waals surface area contributed by atoms with E-state index < -0.39 is 0 Å². The molecule has 15 fully saturated rings. The van der Waals surface area contributed by atoms with Crippen molar-refractivity contribution in [2.45, 2.75) is 287 Å². The zero-order valence-electron chi connectivity index (χ0n) is 78.6. The highest BCUT2D eigenvalue weighted by Crippen LogP contribution is 2.66. The number of benzene rings is 12. The minimum atomic E-state index is -0.173. The predicted molar refractivity (Wildman–Crippen MR) is 537 cm³/mol. The van der Waals surface area contributed by atoms with Crippen molar-refractivity contribution in [1.82, 2.24) is 0 Å². The molecule has 12 aromatic rings. The maximum atomic E-state index is 2.79. The van der Waals surface area contributed by atoms with Crippen LogP contribution in [0.1, 0.15) is 288 Å². The third-order valence-electron chi connectivity index (χ3n) is 36.7. The standard InChI is InChI=1S/C125H138N2/c1-118(2,3)104-61-105(119(4,5)6)64-110(63-104)126(108-56-95(89-24-33-100(34-25-89)122-43-42-93-23-22-78(67-122)53-99(93)77-122)54-96(57-108)90-26-35-101(36-27-90)123-68-79-44-80(69-123)46-81(45-79)70-123)116-112-20-16-17-21-113(112)117(115-60-94(32-41-114(115)116)88-18-14-13-15-19-88)127(111-65-106(120(7,8)9)62-107(66-111)121(10,11)12)109-58-97(91-28-37-102(38-29-91)124-71-82-47-83(72-124)49-84(48-82)73-124)55-98(59-109)92-30-39-103(40-31-92)125-74-85-50-86(75-125)52-87(51-85)76-125/h13-21,24-41,54-66,78-87,93,99H,22-23,42-53,67-77H2,1-12H3. The zero-order chi connectivity index (χ0) is 86.2. The van der Waals surface area contributed by atoms with Gasteiger partial charge in [-0.1, -0.05) is 265 Å². The minimum Gasteiger partial charge on any atom is -0.309 e. The van der Waals surface area contributed by atoms with Crippen LogP contribution in [0.25, 0.3) is 77.2 Å². The summed E-state index contributed by atoms with van der Waals surface area (Å²) in [6.45, 7) is 29.2. The van der Waals surface area contributed by atoms with Crippen LogP contribution in [0.5, 0.6) is 0 Å². The topological polar surface area (TPSA) is 6.48 Å². The molecular formula is C125H138N2. The maximum Gasteiger partial charge on any atom is 0.0620 e. The Morgan fingerprint density at radius 2 is 0.504 bits per heavy atom. The fraction of sp³-hybridized carbons (Fsp3) is 0.456. The smallest absolute Gasteiger partial charge is 0.0620 e. The van der Waals surface area contributed by atoms with Gasteiger partial charge in [-0.15, -0.1) is 0 Å². The monoisotopic (exact) mass is 1670 g/mol. The molecule has 15 aliphatic rings. The fourth-order valence-electron chi connectivity index (χ4n) is 31.5. The summed E-state index contributed by atoms with van der Waals surface area (Å²) >= 11 is 0. The predicted octanol–water partition coefficient (Wildman–Crippen LogP) is 34.7. The first-order chi connectivity index (χ1) is 61.0. The van der Waals surface area contributed by atoms with E-state index in [1.54, 1.807) is 22.3 Å². The second-order valence-corrected chi connectivity index (χ2v) is 49.4. The number of nitrogens with zero attached hydrogens (tertiary/aromatic N) is 2. The van der Waals surface area contributed by atoms with Crippen LogP contribution < -0.4 is 9.80 Å². The molecule has 15 aliphatic carbocycles. The van der Waals surface area contributed by atoms with E-state index in [-0.39, 0.29) is 27.1 Å². The van der Waals surface area contributed by atoms with Crippen LogP contribution in [0.4, 0.5) is 34.1 Å².